The van der Waals surface area contributed by atoms with Crippen LogP contribution in [-0.2, 0) is 4.79 Å². The van der Waals surface area contributed by atoms with Gasteiger partial charge in [0.1, 0.15) is 11.6 Å². The SMILES string of the molecule is Cc1ccc(C)c(NC(=O)[C@H](C)SC(c2ccc(F)cc2)c2ccc(F)cc2)c1. The Morgan fingerprint density at radius 2 is 1.38 bits per heavy atom. The molecule has 3 aromatic rings. The van der Waals surface area contributed by atoms with Crippen LogP contribution in [0.5, 0.6) is 0 Å². The van der Waals surface area contributed by atoms with Crippen LogP contribution in [0.3, 0.4) is 0 Å². The maximum absolute atomic E-state index is 13.4. The van der Waals surface area contributed by atoms with Gasteiger partial charge < -0.3 is 5.32 Å². The van der Waals surface area contributed by atoms with Crippen LogP contribution in [0, 0.1) is 25.5 Å². The molecule has 2 nitrogen and oxygen atoms in total. The third-order valence-electron chi connectivity index (χ3n) is 4.71. The Bertz CT molecular complexity index is 941. The van der Waals surface area contributed by atoms with Gasteiger partial charge in [-0.15, -0.1) is 11.8 Å². The van der Waals surface area contributed by atoms with Gasteiger partial charge in [-0.05, 0) is 73.4 Å². The van der Waals surface area contributed by atoms with Gasteiger partial charge in [0, 0.05) is 5.69 Å². The van der Waals surface area contributed by atoms with Crippen molar-refractivity contribution in [3.63, 3.8) is 0 Å². The zero-order chi connectivity index (χ0) is 21.0. The second kappa shape index (κ2) is 9.23. The molecule has 0 unspecified atom stereocenters. The monoisotopic (exact) mass is 411 g/mol. The second-order valence-electron chi connectivity index (χ2n) is 7.07. The lowest BCUT2D eigenvalue weighted by Crippen LogP contribution is -2.24. The first-order valence-electron chi connectivity index (χ1n) is 9.38. The fourth-order valence-electron chi connectivity index (χ4n) is 3.00. The normalized spacial score (nSPS) is 12.1. The number of rotatable bonds is 6. The number of thioether (sulfide) groups is 1. The highest BCUT2D eigenvalue weighted by Crippen LogP contribution is 2.38. The smallest absolute Gasteiger partial charge is 0.237 e. The number of aryl methyl sites for hydroxylation is 2. The molecule has 3 rings (SSSR count). The summed E-state index contributed by atoms with van der Waals surface area (Å²) in [5.74, 6) is -0.757. The molecule has 1 amide bonds. The Balaban J connectivity index is 1.82. The second-order valence-corrected chi connectivity index (χ2v) is 8.52. The Morgan fingerprint density at radius 3 is 1.90 bits per heavy atom. The molecule has 0 aliphatic rings. The lowest BCUT2D eigenvalue weighted by atomic mass is 10.0. The van der Waals surface area contributed by atoms with E-state index < -0.39 is 0 Å². The van der Waals surface area contributed by atoms with Crippen LogP contribution in [-0.4, -0.2) is 11.2 Å². The van der Waals surface area contributed by atoms with Crippen LogP contribution >= 0.6 is 11.8 Å². The number of amides is 1. The summed E-state index contributed by atoms with van der Waals surface area (Å²) < 4.78 is 26.8. The van der Waals surface area contributed by atoms with Gasteiger partial charge in [-0.3, -0.25) is 4.79 Å². The van der Waals surface area contributed by atoms with Gasteiger partial charge in [0.25, 0.3) is 0 Å². The number of halogens is 2. The predicted molar refractivity (Wildman–Crippen MR) is 116 cm³/mol. The molecule has 150 valence electrons. The maximum Gasteiger partial charge on any atom is 0.237 e. The van der Waals surface area contributed by atoms with Crippen molar-refractivity contribution in [2.45, 2.75) is 31.3 Å². The van der Waals surface area contributed by atoms with Crippen molar-refractivity contribution in [2.24, 2.45) is 0 Å². The molecule has 0 aliphatic heterocycles. The quantitative estimate of drug-likeness (QED) is 0.506. The van der Waals surface area contributed by atoms with Gasteiger partial charge in [-0.2, -0.15) is 0 Å². The third-order valence-corrected chi connectivity index (χ3v) is 6.14. The molecule has 0 bridgehead atoms. The number of carbonyl (C=O) groups excluding carboxylic acids is 1. The highest BCUT2D eigenvalue weighted by Gasteiger charge is 2.23. The molecule has 0 spiro atoms. The third kappa shape index (κ3) is 5.45. The topological polar surface area (TPSA) is 29.1 Å². The molecule has 29 heavy (non-hydrogen) atoms. The highest BCUT2D eigenvalue weighted by atomic mass is 32.2. The van der Waals surface area contributed by atoms with Crippen molar-refractivity contribution < 1.29 is 13.6 Å². The Labute approximate surface area is 174 Å². The minimum atomic E-state index is -0.380. The fraction of sp³-hybridized carbons (Fsp3) is 0.208. The fourth-order valence-corrected chi connectivity index (χ4v) is 4.21. The van der Waals surface area contributed by atoms with E-state index in [1.165, 1.54) is 36.0 Å². The molecule has 0 saturated carbocycles. The minimum absolute atomic E-state index is 0.113. The van der Waals surface area contributed by atoms with E-state index >= 15 is 0 Å². The first kappa shape index (κ1) is 21.1. The first-order chi connectivity index (χ1) is 13.8. The van der Waals surface area contributed by atoms with Crippen molar-refractivity contribution in [1.82, 2.24) is 0 Å². The zero-order valence-corrected chi connectivity index (χ0v) is 17.4. The summed E-state index contributed by atoms with van der Waals surface area (Å²) in [6, 6.07) is 18.3. The van der Waals surface area contributed by atoms with E-state index in [9.17, 15) is 13.6 Å². The molecule has 0 fully saturated rings. The Morgan fingerprint density at radius 1 is 0.862 bits per heavy atom. The molecule has 0 aromatic heterocycles. The minimum Gasteiger partial charge on any atom is -0.325 e. The van der Waals surface area contributed by atoms with Crippen LogP contribution in [0.25, 0.3) is 0 Å². The Hall–Kier alpha value is -2.66. The van der Waals surface area contributed by atoms with Crippen LogP contribution in [0.2, 0.25) is 0 Å². The van der Waals surface area contributed by atoms with Crippen LogP contribution < -0.4 is 5.32 Å². The van der Waals surface area contributed by atoms with Crippen molar-refractivity contribution in [3.8, 4) is 0 Å². The number of anilines is 1. The van der Waals surface area contributed by atoms with E-state index in [0.717, 1.165) is 27.9 Å². The van der Waals surface area contributed by atoms with Crippen molar-refractivity contribution in [1.29, 1.82) is 0 Å². The molecule has 0 radical (unpaired) electrons. The van der Waals surface area contributed by atoms with Crippen LogP contribution in [0.4, 0.5) is 14.5 Å². The van der Waals surface area contributed by atoms with E-state index in [1.807, 2.05) is 39.0 Å². The molecule has 0 heterocycles. The van der Waals surface area contributed by atoms with E-state index in [4.69, 9.17) is 0 Å². The average Bonchev–Trinajstić information content (AvgIpc) is 2.70. The van der Waals surface area contributed by atoms with Crippen molar-refractivity contribution >= 4 is 23.4 Å². The number of nitrogens with one attached hydrogen (secondary N) is 1. The van der Waals surface area contributed by atoms with Gasteiger partial charge >= 0.3 is 0 Å². The highest BCUT2D eigenvalue weighted by molar-refractivity contribution is 8.01. The van der Waals surface area contributed by atoms with E-state index in [0.29, 0.717) is 0 Å². The van der Waals surface area contributed by atoms with E-state index in [2.05, 4.69) is 5.32 Å². The summed E-state index contributed by atoms with van der Waals surface area (Å²) in [6.45, 7) is 5.77. The molecule has 0 aliphatic carbocycles. The largest absolute Gasteiger partial charge is 0.325 e. The number of carbonyl (C=O) groups is 1. The number of hydrogen-bond acceptors (Lipinski definition) is 2. The summed E-state index contributed by atoms with van der Waals surface area (Å²) in [5, 5.41) is 2.39. The lowest BCUT2D eigenvalue weighted by molar-refractivity contribution is -0.115. The van der Waals surface area contributed by atoms with Crippen molar-refractivity contribution in [3.05, 3.63) is 101 Å². The van der Waals surface area contributed by atoms with Crippen LogP contribution in [0.1, 0.15) is 34.4 Å². The first-order valence-corrected chi connectivity index (χ1v) is 10.3. The number of hydrogen-bond donors (Lipinski definition) is 1. The standard InChI is InChI=1S/C24H23F2NOS/c1-15-4-5-16(2)22(14-15)27-24(28)17(3)29-23(18-6-10-20(25)11-7-18)19-8-12-21(26)13-9-19/h4-14,17,23H,1-3H3,(H,27,28)/t17-/m0/s1. The maximum atomic E-state index is 13.4. The molecule has 1 atom stereocenters. The summed E-state index contributed by atoms with van der Waals surface area (Å²) in [6.07, 6.45) is 0. The number of benzene rings is 3. The zero-order valence-electron chi connectivity index (χ0n) is 16.6. The van der Waals surface area contributed by atoms with E-state index in [1.54, 1.807) is 24.3 Å². The summed E-state index contributed by atoms with van der Waals surface area (Å²) in [7, 11) is 0. The molecule has 1 N–H and O–H groups in total. The van der Waals surface area contributed by atoms with Crippen LogP contribution in [0.15, 0.2) is 66.7 Å². The molecule has 3 aromatic carbocycles. The molecule has 5 heteroatoms. The molecule has 0 saturated heterocycles. The van der Waals surface area contributed by atoms with Gasteiger partial charge in [-0.1, -0.05) is 36.4 Å². The van der Waals surface area contributed by atoms with Gasteiger partial charge in [-0.25, -0.2) is 8.78 Å². The summed E-state index contributed by atoms with van der Waals surface area (Å²) >= 11 is 1.44. The summed E-state index contributed by atoms with van der Waals surface area (Å²) in [5.41, 5.74) is 4.57. The van der Waals surface area contributed by atoms with Crippen molar-refractivity contribution in [2.75, 3.05) is 5.32 Å². The average molecular weight is 412 g/mol. The van der Waals surface area contributed by atoms with Gasteiger partial charge in [0.2, 0.25) is 5.91 Å². The molecular formula is C24H23F2NOS. The van der Waals surface area contributed by atoms with Gasteiger partial charge in [0.05, 0.1) is 10.5 Å². The predicted octanol–water partition coefficient (Wildman–Crippen LogP) is 6.43. The molecular weight excluding hydrogens is 388 g/mol. The Kier molecular flexibility index (Phi) is 6.70. The lowest BCUT2D eigenvalue weighted by Gasteiger charge is -2.22. The van der Waals surface area contributed by atoms with E-state index in [-0.39, 0.29) is 28.0 Å². The van der Waals surface area contributed by atoms with Gasteiger partial charge in [0.15, 0.2) is 0 Å². The summed E-state index contributed by atoms with van der Waals surface area (Å²) in [4.78, 5) is 12.8.